The molecule has 2 heteroatoms. The van der Waals surface area contributed by atoms with Gasteiger partial charge in [0.15, 0.2) is 0 Å². The van der Waals surface area contributed by atoms with E-state index in [0.29, 0.717) is 0 Å². The van der Waals surface area contributed by atoms with E-state index in [1.165, 1.54) is 5.56 Å². The second-order valence-corrected chi connectivity index (χ2v) is 2.88. The van der Waals surface area contributed by atoms with Gasteiger partial charge in [-0.2, -0.15) is 0 Å². The summed E-state index contributed by atoms with van der Waals surface area (Å²) in [6.07, 6.45) is 1.63. The van der Waals surface area contributed by atoms with Crippen molar-refractivity contribution in [3.05, 3.63) is 35.9 Å². The van der Waals surface area contributed by atoms with E-state index in [2.05, 4.69) is 17.4 Å². The molecule has 1 unspecified atom stereocenters. The van der Waals surface area contributed by atoms with Gasteiger partial charge < -0.3 is 5.32 Å². The van der Waals surface area contributed by atoms with Crippen LogP contribution in [-0.2, 0) is 11.2 Å². The van der Waals surface area contributed by atoms with E-state index in [0.717, 1.165) is 12.8 Å². The van der Waals surface area contributed by atoms with E-state index in [4.69, 9.17) is 0 Å². The molecule has 14 heavy (non-hydrogen) atoms. The molecule has 0 fully saturated rings. The van der Waals surface area contributed by atoms with Crippen LogP contribution in [0.25, 0.3) is 0 Å². The molecule has 0 radical (unpaired) electrons. The van der Waals surface area contributed by atoms with Crippen LogP contribution in [0.15, 0.2) is 30.3 Å². The minimum atomic E-state index is 0.213. The fourth-order valence-electron chi connectivity index (χ4n) is 1.14. The number of benzene rings is 1. The Hall–Kier alpha value is -1.31. The maximum atomic E-state index is 10.1. The molecule has 1 atom stereocenters. The van der Waals surface area contributed by atoms with Gasteiger partial charge in [-0.15, -0.1) is 0 Å². The van der Waals surface area contributed by atoms with Gasteiger partial charge in [-0.1, -0.05) is 44.2 Å². The molecule has 0 bridgehead atoms. The van der Waals surface area contributed by atoms with Crippen molar-refractivity contribution in [2.75, 3.05) is 0 Å². The molecule has 1 aromatic rings. The second kappa shape index (κ2) is 8.30. The average Bonchev–Trinajstić information content (AvgIpc) is 2.22. The summed E-state index contributed by atoms with van der Waals surface area (Å²) < 4.78 is 0. The van der Waals surface area contributed by atoms with Crippen LogP contribution >= 0.6 is 0 Å². The first kappa shape index (κ1) is 12.7. The molecule has 2 nitrogen and oxygen atoms in total. The summed E-state index contributed by atoms with van der Waals surface area (Å²) in [5.74, 6) is 0. The lowest BCUT2D eigenvalue weighted by molar-refractivity contribution is -0.110. The van der Waals surface area contributed by atoms with Gasteiger partial charge in [0.1, 0.15) is 0 Å². The summed E-state index contributed by atoms with van der Waals surface area (Å²) in [6.45, 7) is 5.99. The number of nitrogens with one attached hydrogen (secondary N) is 1. The standard InChI is InChI=1S/C10H13NO.C2H6/c1-9(11-8-12)7-10-5-3-2-4-6-10;1-2/h2-6,8-9H,7H2,1H3,(H,11,12);1-2H3. The molecule has 1 amide bonds. The molecule has 0 aromatic heterocycles. The molecule has 0 heterocycles. The van der Waals surface area contributed by atoms with Gasteiger partial charge in [0.2, 0.25) is 6.41 Å². The van der Waals surface area contributed by atoms with Crippen molar-refractivity contribution in [2.45, 2.75) is 33.2 Å². The number of carbonyl (C=O) groups is 1. The number of hydrogen-bond donors (Lipinski definition) is 1. The molecular weight excluding hydrogens is 174 g/mol. The van der Waals surface area contributed by atoms with Gasteiger partial charge >= 0.3 is 0 Å². The van der Waals surface area contributed by atoms with Gasteiger partial charge in [0, 0.05) is 6.04 Å². The molecule has 0 aliphatic carbocycles. The lowest BCUT2D eigenvalue weighted by Crippen LogP contribution is -2.26. The van der Waals surface area contributed by atoms with Crippen molar-refractivity contribution < 1.29 is 4.79 Å². The van der Waals surface area contributed by atoms with Crippen molar-refractivity contribution >= 4 is 6.41 Å². The Morgan fingerprint density at radius 3 is 2.36 bits per heavy atom. The maximum absolute atomic E-state index is 10.1. The van der Waals surface area contributed by atoms with E-state index in [-0.39, 0.29) is 6.04 Å². The van der Waals surface area contributed by atoms with Crippen LogP contribution in [0.5, 0.6) is 0 Å². The van der Waals surface area contributed by atoms with E-state index in [1.807, 2.05) is 39.0 Å². The van der Waals surface area contributed by atoms with Gasteiger partial charge in [0.05, 0.1) is 0 Å². The Morgan fingerprint density at radius 1 is 1.29 bits per heavy atom. The molecular formula is C12H19NO. The van der Waals surface area contributed by atoms with E-state index < -0.39 is 0 Å². The molecule has 0 saturated carbocycles. The third-order valence-corrected chi connectivity index (χ3v) is 1.74. The summed E-state index contributed by atoms with van der Waals surface area (Å²) in [5.41, 5.74) is 1.25. The zero-order valence-electron chi connectivity index (χ0n) is 9.16. The normalized spacial score (nSPS) is 10.8. The number of carbonyl (C=O) groups excluding carboxylic acids is 1. The Balaban J connectivity index is 0.000000791. The Labute approximate surface area is 86.3 Å². The monoisotopic (exact) mass is 193 g/mol. The Kier molecular flexibility index (Phi) is 7.52. The van der Waals surface area contributed by atoms with Crippen LogP contribution < -0.4 is 5.32 Å². The smallest absolute Gasteiger partial charge is 0.207 e. The molecule has 1 aromatic carbocycles. The minimum Gasteiger partial charge on any atom is -0.356 e. The molecule has 0 aliphatic rings. The third-order valence-electron chi connectivity index (χ3n) is 1.74. The number of amides is 1. The van der Waals surface area contributed by atoms with Gasteiger partial charge in [-0.05, 0) is 18.9 Å². The van der Waals surface area contributed by atoms with Crippen LogP contribution in [0.2, 0.25) is 0 Å². The molecule has 0 aliphatic heterocycles. The van der Waals surface area contributed by atoms with Crippen LogP contribution in [-0.4, -0.2) is 12.5 Å². The summed E-state index contributed by atoms with van der Waals surface area (Å²) in [4.78, 5) is 10.1. The second-order valence-electron chi connectivity index (χ2n) is 2.88. The van der Waals surface area contributed by atoms with Crippen molar-refractivity contribution in [2.24, 2.45) is 0 Å². The summed E-state index contributed by atoms with van der Waals surface area (Å²) in [6, 6.07) is 10.3. The predicted molar refractivity (Wildman–Crippen MR) is 60.2 cm³/mol. The largest absolute Gasteiger partial charge is 0.356 e. The van der Waals surface area contributed by atoms with Crippen molar-refractivity contribution in [1.29, 1.82) is 0 Å². The highest BCUT2D eigenvalue weighted by molar-refractivity contribution is 5.46. The fourth-order valence-corrected chi connectivity index (χ4v) is 1.14. The first-order valence-corrected chi connectivity index (χ1v) is 5.06. The van der Waals surface area contributed by atoms with Crippen LogP contribution in [0.3, 0.4) is 0 Å². The summed E-state index contributed by atoms with van der Waals surface area (Å²) in [7, 11) is 0. The minimum absolute atomic E-state index is 0.213. The average molecular weight is 193 g/mol. The van der Waals surface area contributed by atoms with Gasteiger partial charge in [-0.3, -0.25) is 4.79 Å². The highest BCUT2D eigenvalue weighted by Crippen LogP contribution is 2.01. The third kappa shape index (κ3) is 5.36. The van der Waals surface area contributed by atoms with Crippen LogP contribution in [0.4, 0.5) is 0 Å². The van der Waals surface area contributed by atoms with Crippen LogP contribution in [0.1, 0.15) is 26.3 Å². The molecule has 0 spiro atoms. The van der Waals surface area contributed by atoms with Crippen molar-refractivity contribution in [3.63, 3.8) is 0 Å². The Bertz CT molecular complexity index is 233. The maximum Gasteiger partial charge on any atom is 0.207 e. The van der Waals surface area contributed by atoms with E-state index in [9.17, 15) is 4.79 Å². The Morgan fingerprint density at radius 2 is 1.86 bits per heavy atom. The number of rotatable bonds is 4. The molecule has 78 valence electrons. The topological polar surface area (TPSA) is 29.1 Å². The molecule has 1 N–H and O–H groups in total. The lowest BCUT2D eigenvalue weighted by Gasteiger charge is -2.08. The highest BCUT2D eigenvalue weighted by Gasteiger charge is 1.99. The highest BCUT2D eigenvalue weighted by atomic mass is 16.1. The first-order valence-electron chi connectivity index (χ1n) is 5.06. The zero-order chi connectivity index (χ0) is 10.8. The quantitative estimate of drug-likeness (QED) is 0.731. The SMILES string of the molecule is CC.CC(Cc1ccccc1)NC=O. The van der Waals surface area contributed by atoms with Gasteiger partial charge in [0.25, 0.3) is 0 Å². The van der Waals surface area contributed by atoms with E-state index in [1.54, 1.807) is 0 Å². The zero-order valence-corrected chi connectivity index (χ0v) is 9.16. The molecule has 0 saturated heterocycles. The predicted octanol–water partition coefficient (Wildman–Crippen LogP) is 2.39. The molecule has 1 rings (SSSR count). The lowest BCUT2D eigenvalue weighted by atomic mass is 10.1. The van der Waals surface area contributed by atoms with E-state index >= 15 is 0 Å². The first-order chi connectivity index (χ1) is 6.83. The summed E-state index contributed by atoms with van der Waals surface area (Å²) in [5, 5.41) is 2.71. The van der Waals surface area contributed by atoms with Crippen LogP contribution in [0, 0.1) is 0 Å². The van der Waals surface area contributed by atoms with Crippen molar-refractivity contribution in [1.82, 2.24) is 5.32 Å². The van der Waals surface area contributed by atoms with Crippen molar-refractivity contribution in [3.8, 4) is 0 Å². The van der Waals surface area contributed by atoms with Gasteiger partial charge in [-0.25, -0.2) is 0 Å². The fraction of sp³-hybridized carbons (Fsp3) is 0.417. The number of hydrogen-bond acceptors (Lipinski definition) is 1. The summed E-state index contributed by atoms with van der Waals surface area (Å²) >= 11 is 0.